The molecule has 0 saturated carbocycles. The molecule has 2 aromatic rings. The zero-order valence-corrected chi connectivity index (χ0v) is 16.5. The number of thiophene rings is 1. The number of hydrogen-bond acceptors (Lipinski definition) is 6. The molecule has 8 nitrogen and oxygen atoms in total. The van der Waals surface area contributed by atoms with Crippen LogP contribution in [0.3, 0.4) is 0 Å². The molecule has 148 valence electrons. The van der Waals surface area contributed by atoms with Gasteiger partial charge in [0, 0.05) is 11.4 Å². The fraction of sp³-hybridized carbons (Fsp3) is 0.368. The summed E-state index contributed by atoms with van der Waals surface area (Å²) in [6, 6.07) is 5.16. The number of nitrogens with zero attached hydrogens (tertiary/aromatic N) is 2. The molecular formula is C19H22N4O4S. The average molecular weight is 402 g/mol. The maximum atomic E-state index is 12.9. The molecule has 2 aromatic heterocycles. The van der Waals surface area contributed by atoms with Gasteiger partial charge in [-0.25, -0.2) is 4.98 Å². The van der Waals surface area contributed by atoms with E-state index in [1.807, 2.05) is 17.5 Å². The number of amides is 3. The van der Waals surface area contributed by atoms with Gasteiger partial charge in [-0.05, 0) is 36.3 Å². The Bertz CT molecular complexity index is 884. The minimum atomic E-state index is -0.780. The van der Waals surface area contributed by atoms with Crippen LogP contribution >= 0.6 is 11.3 Å². The fourth-order valence-electron chi connectivity index (χ4n) is 3.33. The molecule has 3 N–H and O–H groups in total. The van der Waals surface area contributed by atoms with Crippen molar-refractivity contribution in [2.24, 2.45) is 11.7 Å². The number of likely N-dealkylation sites (tertiary alicyclic amines) is 1. The summed E-state index contributed by atoms with van der Waals surface area (Å²) in [5.74, 6) is -1.76. The lowest BCUT2D eigenvalue weighted by atomic mass is 9.93. The lowest BCUT2D eigenvalue weighted by Crippen LogP contribution is -2.46. The highest BCUT2D eigenvalue weighted by atomic mass is 32.1. The first-order chi connectivity index (χ1) is 13.4. The molecule has 2 atom stereocenters. The van der Waals surface area contributed by atoms with E-state index in [1.54, 1.807) is 16.2 Å². The number of ether oxygens (including phenoxy) is 1. The van der Waals surface area contributed by atoms with Crippen molar-refractivity contribution < 1.29 is 19.1 Å². The smallest absolute Gasteiger partial charge is 0.313 e. The van der Waals surface area contributed by atoms with Gasteiger partial charge in [0.2, 0.25) is 5.88 Å². The average Bonchev–Trinajstić information content (AvgIpc) is 3.21. The highest BCUT2D eigenvalue weighted by Gasteiger charge is 2.34. The monoisotopic (exact) mass is 402 g/mol. The predicted molar refractivity (Wildman–Crippen MR) is 105 cm³/mol. The normalized spacial score (nSPS) is 19.1. The van der Waals surface area contributed by atoms with E-state index in [1.165, 1.54) is 19.4 Å². The van der Waals surface area contributed by atoms with Crippen molar-refractivity contribution in [2.45, 2.75) is 25.8 Å². The number of rotatable bonds is 4. The second-order valence-corrected chi connectivity index (χ2v) is 7.75. The molecule has 1 aliphatic heterocycles. The van der Waals surface area contributed by atoms with E-state index in [0.717, 1.165) is 17.7 Å². The number of pyridine rings is 1. The maximum Gasteiger partial charge on any atom is 0.313 e. The van der Waals surface area contributed by atoms with Crippen LogP contribution in [0.4, 0.5) is 5.69 Å². The predicted octanol–water partition coefficient (Wildman–Crippen LogP) is 2.19. The number of nitrogens with one attached hydrogen (secondary N) is 1. The Kier molecular flexibility index (Phi) is 5.93. The van der Waals surface area contributed by atoms with Crippen molar-refractivity contribution in [1.29, 1.82) is 0 Å². The van der Waals surface area contributed by atoms with Crippen LogP contribution in [0.1, 0.15) is 41.0 Å². The minimum absolute atomic E-state index is 0.0239. The van der Waals surface area contributed by atoms with E-state index in [2.05, 4.69) is 17.2 Å². The summed E-state index contributed by atoms with van der Waals surface area (Å²) < 4.78 is 4.98. The summed E-state index contributed by atoms with van der Waals surface area (Å²) in [6.45, 7) is 2.58. The van der Waals surface area contributed by atoms with Gasteiger partial charge in [-0.1, -0.05) is 13.0 Å². The van der Waals surface area contributed by atoms with Crippen LogP contribution in [-0.2, 0) is 9.59 Å². The Morgan fingerprint density at radius 1 is 1.36 bits per heavy atom. The number of methoxy groups -OCH3 is 1. The highest BCUT2D eigenvalue weighted by Crippen LogP contribution is 2.35. The van der Waals surface area contributed by atoms with Gasteiger partial charge >= 0.3 is 11.8 Å². The molecule has 0 radical (unpaired) electrons. The molecule has 1 saturated heterocycles. The van der Waals surface area contributed by atoms with Crippen molar-refractivity contribution in [3.63, 3.8) is 0 Å². The van der Waals surface area contributed by atoms with Crippen LogP contribution in [0.5, 0.6) is 5.88 Å². The molecule has 3 rings (SSSR count). The van der Waals surface area contributed by atoms with Crippen LogP contribution < -0.4 is 15.8 Å². The Morgan fingerprint density at radius 3 is 2.79 bits per heavy atom. The summed E-state index contributed by atoms with van der Waals surface area (Å²) in [4.78, 5) is 43.6. The van der Waals surface area contributed by atoms with Gasteiger partial charge in [0.25, 0.3) is 5.91 Å². The van der Waals surface area contributed by atoms with E-state index < -0.39 is 17.7 Å². The van der Waals surface area contributed by atoms with Crippen molar-refractivity contribution in [3.05, 3.63) is 40.2 Å². The number of primary amides is 1. The standard InChI is InChI=1S/C19H22N4O4S/c1-11-5-6-14(15-4-3-7-28-15)23(10-11)19(26)17(25)22-12-8-13(16(20)24)18(27-2)21-9-12/h3-4,7-9,11,14H,5-6,10H2,1-2H3,(H2,20,24)(H,22,25)/t11-,14+/m1/s1. The van der Waals surface area contributed by atoms with Crippen LogP contribution in [0, 0.1) is 5.92 Å². The molecular weight excluding hydrogens is 380 g/mol. The first-order valence-electron chi connectivity index (χ1n) is 8.90. The minimum Gasteiger partial charge on any atom is -0.480 e. The largest absolute Gasteiger partial charge is 0.480 e. The summed E-state index contributed by atoms with van der Waals surface area (Å²) >= 11 is 1.58. The molecule has 0 unspecified atom stereocenters. The fourth-order valence-corrected chi connectivity index (χ4v) is 4.20. The maximum absolute atomic E-state index is 12.9. The highest BCUT2D eigenvalue weighted by molar-refractivity contribution is 7.10. The first-order valence-corrected chi connectivity index (χ1v) is 9.77. The van der Waals surface area contributed by atoms with Crippen LogP contribution in [0.25, 0.3) is 0 Å². The molecule has 3 heterocycles. The van der Waals surface area contributed by atoms with Crippen LogP contribution in [0.2, 0.25) is 0 Å². The zero-order valence-electron chi connectivity index (χ0n) is 15.7. The topological polar surface area (TPSA) is 115 Å². The van der Waals surface area contributed by atoms with Gasteiger partial charge in [-0.2, -0.15) is 0 Å². The van der Waals surface area contributed by atoms with Crippen molar-refractivity contribution in [2.75, 3.05) is 19.0 Å². The number of hydrogen-bond donors (Lipinski definition) is 2. The third-order valence-corrected chi connectivity index (χ3v) is 5.69. The van der Waals surface area contributed by atoms with E-state index >= 15 is 0 Å². The van der Waals surface area contributed by atoms with Gasteiger partial charge in [0.1, 0.15) is 5.56 Å². The van der Waals surface area contributed by atoms with Crippen molar-refractivity contribution in [1.82, 2.24) is 9.88 Å². The summed E-state index contributed by atoms with van der Waals surface area (Å²) in [6.07, 6.45) is 3.13. The van der Waals surface area contributed by atoms with E-state index in [-0.39, 0.29) is 23.2 Å². The molecule has 0 aromatic carbocycles. The van der Waals surface area contributed by atoms with Gasteiger partial charge < -0.3 is 20.7 Å². The number of carbonyl (C=O) groups excluding carboxylic acids is 3. The molecule has 9 heteroatoms. The van der Waals surface area contributed by atoms with Crippen molar-refractivity contribution in [3.8, 4) is 5.88 Å². The van der Waals surface area contributed by atoms with Gasteiger partial charge in [-0.15, -0.1) is 11.3 Å². The summed E-state index contributed by atoms with van der Waals surface area (Å²) in [5.41, 5.74) is 5.53. The van der Waals surface area contributed by atoms with Gasteiger partial charge in [0.15, 0.2) is 0 Å². The van der Waals surface area contributed by atoms with Crippen LogP contribution in [-0.4, -0.2) is 41.3 Å². The number of nitrogens with two attached hydrogens (primary N) is 1. The zero-order chi connectivity index (χ0) is 20.3. The van der Waals surface area contributed by atoms with Crippen molar-refractivity contribution >= 4 is 34.7 Å². The molecule has 28 heavy (non-hydrogen) atoms. The summed E-state index contributed by atoms with van der Waals surface area (Å²) in [7, 11) is 1.36. The lowest BCUT2D eigenvalue weighted by Gasteiger charge is -2.37. The SMILES string of the molecule is COc1ncc(NC(=O)C(=O)N2C[C@H](C)CC[C@H]2c2cccs2)cc1C(N)=O. The quantitative estimate of drug-likeness (QED) is 0.761. The van der Waals surface area contributed by atoms with Crippen LogP contribution in [0.15, 0.2) is 29.8 Å². The number of aromatic nitrogens is 1. The molecule has 0 bridgehead atoms. The summed E-state index contributed by atoms with van der Waals surface area (Å²) in [5, 5.41) is 4.48. The number of anilines is 1. The molecule has 3 amide bonds. The van der Waals surface area contributed by atoms with E-state index in [9.17, 15) is 14.4 Å². The lowest BCUT2D eigenvalue weighted by molar-refractivity contribution is -0.146. The molecule has 0 aliphatic carbocycles. The molecule has 1 aliphatic rings. The molecule has 0 spiro atoms. The number of piperidine rings is 1. The second kappa shape index (κ2) is 8.39. The van der Waals surface area contributed by atoms with Gasteiger partial charge in [-0.3, -0.25) is 14.4 Å². The van der Waals surface area contributed by atoms with Gasteiger partial charge in [0.05, 0.1) is 25.0 Å². The van der Waals surface area contributed by atoms with E-state index in [4.69, 9.17) is 10.5 Å². The second-order valence-electron chi connectivity index (χ2n) is 6.77. The first kappa shape index (κ1) is 19.8. The third-order valence-electron chi connectivity index (χ3n) is 4.71. The number of carbonyl (C=O) groups is 3. The van der Waals surface area contributed by atoms with E-state index in [0.29, 0.717) is 12.5 Å². The Hall–Kier alpha value is -2.94. The Balaban J connectivity index is 1.78. The molecule has 1 fully saturated rings. The Labute approximate surface area is 166 Å². The third kappa shape index (κ3) is 4.14. The Morgan fingerprint density at radius 2 is 2.14 bits per heavy atom.